The van der Waals surface area contributed by atoms with Crippen molar-refractivity contribution in [3.8, 4) is 0 Å². The minimum Gasteiger partial charge on any atom is -0.379 e. The molecule has 0 aromatic heterocycles. The fourth-order valence-corrected chi connectivity index (χ4v) is 4.62. The summed E-state index contributed by atoms with van der Waals surface area (Å²) in [6.07, 6.45) is 1.55. The number of nitrogens with one attached hydrogen (secondary N) is 1. The first kappa shape index (κ1) is 24.6. The van der Waals surface area contributed by atoms with Crippen LogP contribution in [-0.2, 0) is 10.7 Å². The van der Waals surface area contributed by atoms with E-state index in [0.717, 1.165) is 44.1 Å². The highest BCUT2D eigenvalue weighted by molar-refractivity contribution is 6.04. The molecule has 0 aliphatic carbocycles. The molecule has 1 amide bonds. The Morgan fingerprint density at radius 1 is 1.03 bits per heavy atom. The maximum Gasteiger partial charge on any atom is 0.288 e. The molecule has 184 valence electrons. The van der Waals surface area contributed by atoms with Gasteiger partial charge in [-0.3, -0.25) is 14.6 Å². The Labute approximate surface area is 196 Å². The number of hydrogen-bond donors (Lipinski definition) is 1. The van der Waals surface area contributed by atoms with Gasteiger partial charge in [0.05, 0.1) is 25.3 Å². The number of rotatable bonds is 6. The van der Waals surface area contributed by atoms with Crippen molar-refractivity contribution in [3.63, 3.8) is 0 Å². The Balaban J connectivity index is 1.40. The summed E-state index contributed by atoms with van der Waals surface area (Å²) in [6, 6.07) is 7.33. The quantitative estimate of drug-likeness (QED) is 0.624. The number of amides is 1. The number of aryl methyl sites for hydroxylation is 1. The Kier molecular flexibility index (Phi) is 7.54. The van der Waals surface area contributed by atoms with E-state index in [9.17, 15) is 13.6 Å². The highest BCUT2D eigenvalue weighted by Crippen LogP contribution is 2.33. The van der Waals surface area contributed by atoms with Crippen LogP contribution < -0.4 is 5.32 Å². The van der Waals surface area contributed by atoms with Crippen molar-refractivity contribution in [2.45, 2.75) is 31.7 Å². The molecule has 0 unspecified atom stereocenters. The number of halogens is 4. The molecule has 0 atom stereocenters. The molecule has 9 heteroatoms. The van der Waals surface area contributed by atoms with Gasteiger partial charge in [0.2, 0.25) is 0 Å². The van der Waals surface area contributed by atoms with E-state index in [1.807, 2.05) is 0 Å². The standard InChI is InChI=1S/C25H29F4N3O2/c1-17-14-19(3-5-22(17)26)30-24(33)18-2-4-23(27)21(15-18)25(28,29)16-31-8-6-20(7-9-31)32-10-12-34-13-11-32/h2-5,14-15,20H,6-13,16H2,1H3,(H,30,33). The largest absolute Gasteiger partial charge is 0.379 e. The van der Waals surface area contributed by atoms with Gasteiger partial charge in [-0.05, 0) is 74.8 Å². The van der Waals surface area contributed by atoms with Crippen LogP contribution in [-0.4, -0.2) is 67.7 Å². The van der Waals surface area contributed by atoms with Crippen molar-refractivity contribution in [1.82, 2.24) is 9.80 Å². The average molecular weight is 480 g/mol. The number of carbonyl (C=O) groups is 1. The highest BCUT2D eigenvalue weighted by atomic mass is 19.3. The molecule has 0 saturated carbocycles. The summed E-state index contributed by atoms with van der Waals surface area (Å²) in [6.45, 7) is 5.06. The first-order chi connectivity index (χ1) is 16.2. The summed E-state index contributed by atoms with van der Waals surface area (Å²) in [7, 11) is 0. The lowest BCUT2D eigenvalue weighted by Crippen LogP contribution is -2.50. The molecule has 2 heterocycles. The van der Waals surface area contributed by atoms with E-state index in [1.54, 1.807) is 11.8 Å². The highest BCUT2D eigenvalue weighted by Gasteiger charge is 2.38. The fourth-order valence-electron chi connectivity index (χ4n) is 4.62. The molecule has 5 nitrogen and oxygen atoms in total. The number of benzene rings is 2. The van der Waals surface area contributed by atoms with Crippen molar-refractivity contribution in [2.75, 3.05) is 51.3 Å². The number of likely N-dealkylation sites (tertiary alicyclic amines) is 1. The molecule has 1 N–H and O–H groups in total. The first-order valence-corrected chi connectivity index (χ1v) is 11.5. The Hall–Kier alpha value is -2.49. The number of nitrogens with zero attached hydrogens (tertiary/aromatic N) is 2. The minimum atomic E-state index is -3.46. The molecule has 2 saturated heterocycles. The number of morpholine rings is 1. The molecule has 0 radical (unpaired) electrons. The first-order valence-electron chi connectivity index (χ1n) is 11.5. The van der Waals surface area contributed by atoms with Gasteiger partial charge >= 0.3 is 0 Å². The van der Waals surface area contributed by atoms with Gasteiger partial charge in [0.15, 0.2) is 0 Å². The van der Waals surface area contributed by atoms with Crippen molar-refractivity contribution >= 4 is 11.6 Å². The third-order valence-corrected chi connectivity index (χ3v) is 6.58. The topological polar surface area (TPSA) is 44.8 Å². The number of ether oxygens (including phenoxy) is 1. The van der Waals surface area contributed by atoms with Gasteiger partial charge < -0.3 is 10.1 Å². The lowest BCUT2D eigenvalue weighted by Gasteiger charge is -2.40. The van der Waals surface area contributed by atoms with Gasteiger partial charge in [0.1, 0.15) is 11.6 Å². The van der Waals surface area contributed by atoms with Crippen LogP contribution in [0.5, 0.6) is 0 Å². The number of alkyl halides is 2. The zero-order valence-corrected chi connectivity index (χ0v) is 19.1. The van der Waals surface area contributed by atoms with Crippen LogP contribution in [0.15, 0.2) is 36.4 Å². The van der Waals surface area contributed by atoms with Crippen molar-refractivity contribution in [2.24, 2.45) is 0 Å². The van der Waals surface area contributed by atoms with E-state index in [4.69, 9.17) is 4.74 Å². The third kappa shape index (κ3) is 5.76. The Bertz CT molecular complexity index is 1020. The van der Waals surface area contributed by atoms with Gasteiger partial charge in [-0.15, -0.1) is 0 Å². The minimum absolute atomic E-state index is 0.0934. The predicted octanol–water partition coefficient (Wildman–Crippen LogP) is 4.41. The fraction of sp³-hybridized carbons (Fsp3) is 0.480. The molecule has 34 heavy (non-hydrogen) atoms. The van der Waals surface area contributed by atoms with Gasteiger partial charge in [0.25, 0.3) is 11.8 Å². The normalized spacial score (nSPS) is 18.7. The van der Waals surface area contributed by atoms with Crippen LogP contribution in [0.1, 0.15) is 34.3 Å². The average Bonchev–Trinajstić information content (AvgIpc) is 2.82. The third-order valence-electron chi connectivity index (χ3n) is 6.58. The summed E-state index contributed by atoms with van der Waals surface area (Å²) >= 11 is 0. The summed E-state index contributed by atoms with van der Waals surface area (Å²) in [5.41, 5.74) is -0.235. The molecule has 2 aliphatic heterocycles. The zero-order valence-electron chi connectivity index (χ0n) is 19.1. The summed E-state index contributed by atoms with van der Waals surface area (Å²) in [5.74, 6) is -5.61. The van der Waals surface area contributed by atoms with E-state index in [-0.39, 0.29) is 5.56 Å². The molecule has 4 rings (SSSR count). The number of carbonyl (C=O) groups excluding carboxylic acids is 1. The molecule has 2 fully saturated rings. The smallest absolute Gasteiger partial charge is 0.288 e. The van der Waals surface area contributed by atoms with Crippen LogP contribution in [0.2, 0.25) is 0 Å². The summed E-state index contributed by atoms with van der Waals surface area (Å²) in [5, 5.41) is 2.54. The van der Waals surface area contributed by atoms with Gasteiger partial charge in [-0.1, -0.05) is 0 Å². The second-order valence-corrected chi connectivity index (χ2v) is 8.97. The number of hydrogen-bond acceptors (Lipinski definition) is 4. The van der Waals surface area contributed by atoms with Gasteiger partial charge in [-0.25, -0.2) is 8.78 Å². The van der Waals surface area contributed by atoms with Crippen LogP contribution in [0.25, 0.3) is 0 Å². The Morgan fingerprint density at radius 3 is 2.38 bits per heavy atom. The van der Waals surface area contributed by atoms with Crippen LogP contribution in [0.3, 0.4) is 0 Å². The zero-order chi connectivity index (χ0) is 24.3. The van der Waals surface area contributed by atoms with Crippen molar-refractivity contribution < 1.29 is 27.1 Å². The second-order valence-electron chi connectivity index (χ2n) is 8.97. The Morgan fingerprint density at radius 2 is 1.71 bits per heavy atom. The summed E-state index contributed by atoms with van der Waals surface area (Å²) < 4.78 is 63.5. The maximum absolute atomic E-state index is 15.1. The summed E-state index contributed by atoms with van der Waals surface area (Å²) in [4.78, 5) is 16.6. The predicted molar refractivity (Wildman–Crippen MR) is 121 cm³/mol. The number of anilines is 1. The molecule has 2 aromatic rings. The van der Waals surface area contributed by atoms with E-state index in [1.165, 1.54) is 18.2 Å². The van der Waals surface area contributed by atoms with Gasteiger partial charge in [0, 0.05) is 30.4 Å². The molecule has 2 aliphatic rings. The molecule has 0 bridgehead atoms. The van der Waals surface area contributed by atoms with Crippen LogP contribution >= 0.6 is 0 Å². The van der Waals surface area contributed by atoms with Gasteiger partial charge in [-0.2, -0.15) is 8.78 Å². The van der Waals surface area contributed by atoms with Crippen LogP contribution in [0.4, 0.5) is 23.2 Å². The van der Waals surface area contributed by atoms with Crippen LogP contribution in [0, 0.1) is 18.6 Å². The molecule has 0 spiro atoms. The monoisotopic (exact) mass is 479 g/mol. The van der Waals surface area contributed by atoms with Crippen molar-refractivity contribution in [1.29, 1.82) is 0 Å². The van der Waals surface area contributed by atoms with Crippen molar-refractivity contribution in [3.05, 3.63) is 64.7 Å². The molecular weight excluding hydrogens is 450 g/mol. The molecular formula is C25H29F4N3O2. The molecule has 2 aromatic carbocycles. The van der Waals surface area contributed by atoms with E-state index >= 15 is 8.78 Å². The SMILES string of the molecule is Cc1cc(NC(=O)c2ccc(F)c(C(F)(F)CN3CCC(N4CCOCC4)CC3)c2)ccc1F. The van der Waals surface area contributed by atoms with E-state index in [2.05, 4.69) is 10.2 Å². The maximum atomic E-state index is 15.1. The second kappa shape index (κ2) is 10.4. The number of piperidine rings is 1. The lowest BCUT2D eigenvalue weighted by molar-refractivity contribution is -0.0541. The van der Waals surface area contributed by atoms with E-state index in [0.29, 0.717) is 43.6 Å². The van der Waals surface area contributed by atoms with E-state index < -0.39 is 35.6 Å². The lowest BCUT2D eigenvalue weighted by atomic mass is 9.99.